The third kappa shape index (κ3) is 2.27. The van der Waals surface area contributed by atoms with Crippen LogP contribution in [0, 0.1) is 6.92 Å². The van der Waals surface area contributed by atoms with Crippen LogP contribution >= 0.6 is 0 Å². The van der Waals surface area contributed by atoms with E-state index in [9.17, 15) is 9.90 Å². The van der Waals surface area contributed by atoms with E-state index in [-0.39, 0.29) is 5.69 Å². The van der Waals surface area contributed by atoms with Gasteiger partial charge in [-0.15, -0.1) is 0 Å². The van der Waals surface area contributed by atoms with Crippen LogP contribution < -0.4 is 0 Å². The number of fused-ring (bicyclic) bond motifs is 1. The first-order chi connectivity index (χ1) is 10.1. The molecule has 5 nitrogen and oxygen atoms in total. The Labute approximate surface area is 121 Å². The van der Waals surface area contributed by atoms with Gasteiger partial charge in [0.25, 0.3) is 0 Å². The topological polar surface area (TPSA) is 68.0 Å². The second-order valence-electron chi connectivity index (χ2n) is 5.06. The molecule has 3 rings (SSSR count). The number of aromatic nitrogens is 3. The molecule has 5 heteroatoms. The standard InChI is InChI=1S/C16H15N3O2/c1-10-12(8-11-6-4-3-5-7-11)14(16(20)21)18-15-13(10)17-9-19(15)2/h3-7,9H,8H2,1-2H3,(H,20,21). The summed E-state index contributed by atoms with van der Waals surface area (Å²) in [6.45, 7) is 1.90. The molecule has 21 heavy (non-hydrogen) atoms. The van der Waals surface area contributed by atoms with Gasteiger partial charge in [-0.3, -0.25) is 0 Å². The van der Waals surface area contributed by atoms with E-state index in [1.54, 1.807) is 10.9 Å². The van der Waals surface area contributed by atoms with Crippen molar-refractivity contribution in [2.75, 3.05) is 0 Å². The fourth-order valence-electron chi connectivity index (χ4n) is 2.51. The molecule has 0 fully saturated rings. The number of nitrogens with zero attached hydrogens (tertiary/aromatic N) is 3. The Kier molecular flexibility index (Phi) is 3.17. The van der Waals surface area contributed by atoms with Crippen molar-refractivity contribution in [1.82, 2.24) is 14.5 Å². The first-order valence-electron chi connectivity index (χ1n) is 6.65. The Balaban J connectivity index is 2.22. The normalized spacial score (nSPS) is 11.0. The third-order valence-electron chi connectivity index (χ3n) is 3.64. The molecular weight excluding hydrogens is 266 g/mol. The molecule has 0 aliphatic rings. The summed E-state index contributed by atoms with van der Waals surface area (Å²) in [6.07, 6.45) is 2.19. The molecule has 1 N–H and O–H groups in total. The molecule has 0 bridgehead atoms. The number of carboxylic acids is 1. The number of hydrogen-bond acceptors (Lipinski definition) is 3. The Bertz CT molecular complexity index is 822. The maximum atomic E-state index is 11.5. The predicted octanol–water partition coefficient (Wildman–Crippen LogP) is 2.57. The number of aromatic carboxylic acids is 1. The van der Waals surface area contributed by atoms with Gasteiger partial charge in [0, 0.05) is 13.5 Å². The van der Waals surface area contributed by atoms with Crippen LogP contribution in [-0.4, -0.2) is 25.6 Å². The summed E-state index contributed by atoms with van der Waals surface area (Å²) in [7, 11) is 1.81. The van der Waals surface area contributed by atoms with E-state index in [2.05, 4.69) is 9.97 Å². The van der Waals surface area contributed by atoms with Crippen molar-refractivity contribution in [2.45, 2.75) is 13.3 Å². The van der Waals surface area contributed by atoms with E-state index in [1.165, 1.54) is 0 Å². The molecule has 2 heterocycles. The first-order valence-corrected chi connectivity index (χ1v) is 6.65. The molecule has 3 aromatic rings. The molecule has 0 amide bonds. The minimum Gasteiger partial charge on any atom is -0.477 e. The van der Waals surface area contributed by atoms with Gasteiger partial charge in [-0.25, -0.2) is 14.8 Å². The molecule has 0 unspecified atom stereocenters. The molecule has 0 saturated heterocycles. The second-order valence-corrected chi connectivity index (χ2v) is 5.06. The van der Waals surface area contributed by atoms with Gasteiger partial charge in [0.2, 0.25) is 0 Å². The molecule has 106 valence electrons. The SMILES string of the molecule is Cc1c(Cc2ccccc2)c(C(=O)O)nc2c1ncn2C. The molecule has 2 aromatic heterocycles. The predicted molar refractivity (Wildman–Crippen MR) is 79.5 cm³/mol. The minimum absolute atomic E-state index is 0.104. The highest BCUT2D eigenvalue weighted by Gasteiger charge is 2.19. The molecule has 1 aromatic carbocycles. The van der Waals surface area contributed by atoms with Crippen molar-refractivity contribution < 1.29 is 9.90 Å². The molecule has 0 spiro atoms. The van der Waals surface area contributed by atoms with Crippen LogP contribution in [0.4, 0.5) is 0 Å². The summed E-state index contributed by atoms with van der Waals surface area (Å²) >= 11 is 0. The fourth-order valence-corrected chi connectivity index (χ4v) is 2.51. The average Bonchev–Trinajstić information content (AvgIpc) is 2.84. The van der Waals surface area contributed by atoms with Crippen LogP contribution in [0.3, 0.4) is 0 Å². The monoisotopic (exact) mass is 281 g/mol. The van der Waals surface area contributed by atoms with Crippen LogP contribution in [0.15, 0.2) is 36.7 Å². The largest absolute Gasteiger partial charge is 0.477 e. The lowest BCUT2D eigenvalue weighted by Crippen LogP contribution is -2.10. The van der Waals surface area contributed by atoms with Gasteiger partial charge in [0.1, 0.15) is 5.52 Å². The van der Waals surface area contributed by atoms with E-state index < -0.39 is 5.97 Å². The van der Waals surface area contributed by atoms with Crippen molar-refractivity contribution in [3.05, 3.63) is 59.0 Å². The maximum Gasteiger partial charge on any atom is 0.354 e. The van der Waals surface area contributed by atoms with Gasteiger partial charge in [-0.05, 0) is 23.6 Å². The zero-order valence-electron chi connectivity index (χ0n) is 11.9. The van der Waals surface area contributed by atoms with Crippen LogP contribution in [-0.2, 0) is 13.5 Å². The zero-order chi connectivity index (χ0) is 15.0. The summed E-state index contributed by atoms with van der Waals surface area (Å²) in [6, 6.07) is 9.78. The molecular formula is C16H15N3O2. The highest BCUT2D eigenvalue weighted by atomic mass is 16.4. The number of imidazole rings is 1. The first kappa shape index (κ1) is 13.3. The van der Waals surface area contributed by atoms with E-state index in [0.29, 0.717) is 12.1 Å². The van der Waals surface area contributed by atoms with Crippen LogP contribution in [0.2, 0.25) is 0 Å². The van der Waals surface area contributed by atoms with Crippen LogP contribution in [0.5, 0.6) is 0 Å². The Hall–Kier alpha value is -2.69. The van der Waals surface area contributed by atoms with Gasteiger partial charge in [0.15, 0.2) is 11.3 Å². The molecule has 0 radical (unpaired) electrons. The van der Waals surface area contributed by atoms with E-state index in [0.717, 1.165) is 22.2 Å². The average molecular weight is 281 g/mol. The summed E-state index contributed by atoms with van der Waals surface area (Å²) in [5.41, 5.74) is 4.12. The lowest BCUT2D eigenvalue weighted by Gasteiger charge is -2.10. The number of pyridine rings is 1. The van der Waals surface area contributed by atoms with Crippen LogP contribution in [0.25, 0.3) is 11.2 Å². The van der Waals surface area contributed by atoms with Gasteiger partial charge in [0.05, 0.1) is 6.33 Å². The van der Waals surface area contributed by atoms with Gasteiger partial charge >= 0.3 is 5.97 Å². The molecule has 0 aliphatic carbocycles. The van der Waals surface area contributed by atoms with Gasteiger partial charge in [-0.2, -0.15) is 0 Å². The lowest BCUT2D eigenvalue weighted by molar-refractivity contribution is 0.0689. The number of hydrogen-bond donors (Lipinski definition) is 1. The van der Waals surface area contributed by atoms with Crippen molar-refractivity contribution in [3.8, 4) is 0 Å². The summed E-state index contributed by atoms with van der Waals surface area (Å²) in [4.78, 5) is 20.2. The van der Waals surface area contributed by atoms with Crippen molar-refractivity contribution in [1.29, 1.82) is 0 Å². The molecule has 0 aliphatic heterocycles. The Morgan fingerprint density at radius 3 is 2.67 bits per heavy atom. The number of aryl methyl sites for hydroxylation is 2. The lowest BCUT2D eigenvalue weighted by atomic mass is 9.98. The summed E-state index contributed by atoms with van der Waals surface area (Å²) < 4.78 is 1.74. The number of carboxylic acid groups (broad SMARTS) is 1. The summed E-state index contributed by atoms with van der Waals surface area (Å²) in [5.74, 6) is -1.01. The highest BCUT2D eigenvalue weighted by Crippen LogP contribution is 2.24. The fraction of sp³-hybridized carbons (Fsp3) is 0.188. The Morgan fingerprint density at radius 2 is 2.00 bits per heavy atom. The molecule has 0 saturated carbocycles. The maximum absolute atomic E-state index is 11.5. The van der Waals surface area contributed by atoms with Crippen molar-refractivity contribution in [2.24, 2.45) is 7.05 Å². The van der Waals surface area contributed by atoms with E-state index >= 15 is 0 Å². The van der Waals surface area contributed by atoms with Crippen molar-refractivity contribution >= 4 is 17.1 Å². The van der Waals surface area contributed by atoms with Crippen LogP contribution in [0.1, 0.15) is 27.2 Å². The van der Waals surface area contributed by atoms with Crippen molar-refractivity contribution in [3.63, 3.8) is 0 Å². The van der Waals surface area contributed by atoms with E-state index in [4.69, 9.17) is 0 Å². The smallest absolute Gasteiger partial charge is 0.354 e. The minimum atomic E-state index is -1.01. The second kappa shape index (κ2) is 5.01. The highest BCUT2D eigenvalue weighted by molar-refractivity contribution is 5.92. The number of benzene rings is 1. The van der Waals surface area contributed by atoms with E-state index in [1.807, 2.05) is 44.3 Å². The number of rotatable bonds is 3. The van der Waals surface area contributed by atoms with Gasteiger partial charge in [-0.1, -0.05) is 30.3 Å². The third-order valence-corrected chi connectivity index (χ3v) is 3.64. The molecule has 0 atom stereocenters. The summed E-state index contributed by atoms with van der Waals surface area (Å²) in [5, 5.41) is 9.46. The Morgan fingerprint density at radius 1 is 1.29 bits per heavy atom. The zero-order valence-corrected chi connectivity index (χ0v) is 11.9. The van der Waals surface area contributed by atoms with Gasteiger partial charge < -0.3 is 9.67 Å². The quantitative estimate of drug-likeness (QED) is 0.801. The number of carbonyl (C=O) groups is 1.